The highest BCUT2D eigenvalue weighted by Crippen LogP contribution is 2.46. The Morgan fingerprint density at radius 3 is 2.46 bits per heavy atom. The van der Waals surface area contributed by atoms with E-state index >= 15 is 0 Å². The third-order valence-corrected chi connectivity index (χ3v) is 7.44. The lowest BCUT2D eigenvalue weighted by Gasteiger charge is -2.29. The van der Waals surface area contributed by atoms with Crippen molar-refractivity contribution in [3.05, 3.63) is 106 Å². The van der Waals surface area contributed by atoms with Crippen molar-refractivity contribution >= 4 is 34.6 Å². The van der Waals surface area contributed by atoms with Crippen LogP contribution in [0.1, 0.15) is 40.3 Å². The molecular formula is C28H27ClN4OS. The summed E-state index contributed by atoms with van der Waals surface area (Å²) in [4.78, 5) is 6.84. The van der Waals surface area contributed by atoms with Crippen molar-refractivity contribution in [3.8, 4) is 11.4 Å². The van der Waals surface area contributed by atoms with E-state index in [1.807, 2.05) is 60.8 Å². The second-order valence-corrected chi connectivity index (χ2v) is 9.51. The Hall–Kier alpha value is -3.35. The van der Waals surface area contributed by atoms with E-state index in [0.717, 1.165) is 50.4 Å². The maximum atomic E-state index is 6.49. The molecule has 2 aromatic carbocycles. The van der Waals surface area contributed by atoms with Crippen LogP contribution in [0, 0.1) is 20.8 Å². The van der Waals surface area contributed by atoms with Gasteiger partial charge in [0.1, 0.15) is 5.75 Å². The summed E-state index contributed by atoms with van der Waals surface area (Å²) in [5.41, 5.74) is 7.39. The minimum absolute atomic E-state index is 0.131. The van der Waals surface area contributed by atoms with Gasteiger partial charge in [-0.1, -0.05) is 35.9 Å². The molecule has 3 heterocycles. The number of methoxy groups -OCH3 is 1. The van der Waals surface area contributed by atoms with Crippen LogP contribution < -0.4 is 15.0 Å². The Balaban J connectivity index is 1.72. The van der Waals surface area contributed by atoms with E-state index in [1.165, 1.54) is 0 Å². The zero-order valence-electron chi connectivity index (χ0n) is 20.1. The van der Waals surface area contributed by atoms with Crippen LogP contribution in [0.5, 0.6) is 5.75 Å². The Morgan fingerprint density at radius 1 is 0.971 bits per heavy atom. The summed E-state index contributed by atoms with van der Waals surface area (Å²) in [6, 6.07) is 22.0. The smallest absolute Gasteiger partial charge is 0.174 e. The number of rotatable bonds is 5. The highest BCUT2D eigenvalue weighted by atomic mass is 35.5. The molecule has 1 saturated heterocycles. The largest absolute Gasteiger partial charge is 0.495 e. The molecule has 5 nitrogen and oxygen atoms in total. The van der Waals surface area contributed by atoms with Crippen LogP contribution in [0.4, 0.5) is 5.69 Å². The number of thiocarbonyl (C=S) groups is 1. The third kappa shape index (κ3) is 3.97. The Labute approximate surface area is 216 Å². The summed E-state index contributed by atoms with van der Waals surface area (Å²) < 4.78 is 8.00. The third-order valence-electron chi connectivity index (χ3n) is 6.71. The summed E-state index contributed by atoms with van der Waals surface area (Å²) in [5, 5.41) is 4.93. The predicted molar refractivity (Wildman–Crippen MR) is 146 cm³/mol. The van der Waals surface area contributed by atoms with Gasteiger partial charge in [0, 0.05) is 28.3 Å². The molecular weight excluding hydrogens is 476 g/mol. The number of para-hydroxylation sites is 2. The van der Waals surface area contributed by atoms with Gasteiger partial charge in [0.2, 0.25) is 0 Å². The molecule has 7 heteroatoms. The first-order chi connectivity index (χ1) is 16.9. The number of nitrogens with one attached hydrogen (secondary N) is 1. The first-order valence-electron chi connectivity index (χ1n) is 11.5. The van der Waals surface area contributed by atoms with E-state index in [4.69, 9.17) is 28.6 Å². The maximum Gasteiger partial charge on any atom is 0.174 e. The number of hydrogen-bond donors (Lipinski definition) is 1. The van der Waals surface area contributed by atoms with Crippen LogP contribution in [-0.4, -0.2) is 21.8 Å². The number of benzene rings is 2. The summed E-state index contributed by atoms with van der Waals surface area (Å²) in [5.74, 6) is 0.766. The van der Waals surface area contributed by atoms with Crippen LogP contribution in [0.2, 0.25) is 5.02 Å². The SMILES string of the molecule is COc1ccccc1N1C(=S)N[C@@H](c2ccccn2)[C@H]1c1cc(C)n(-c2cccc(Cl)c2C)c1C. The lowest BCUT2D eigenvalue weighted by molar-refractivity contribution is 0.414. The molecule has 0 bridgehead atoms. The number of aromatic nitrogens is 2. The minimum atomic E-state index is -0.136. The fraction of sp³-hybridized carbons (Fsp3) is 0.214. The van der Waals surface area contributed by atoms with Crippen LogP contribution in [0.15, 0.2) is 72.9 Å². The molecule has 1 N–H and O–H groups in total. The van der Waals surface area contributed by atoms with Gasteiger partial charge < -0.3 is 19.5 Å². The predicted octanol–water partition coefficient (Wildman–Crippen LogP) is 6.64. The number of halogens is 1. The molecule has 35 heavy (non-hydrogen) atoms. The molecule has 0 saturated carbocycles. The van der Waals surface area contributed by atoms with E-state index in [1.54, 1.807) is 7.11 Å². The van der Waals surface area contributed by atoms with Crippen molar-refractivity contribution < 1.29 is 4.74 Å². The second kappa shape index (κ2) is 9.36. The number of nitrogens with zero attached hydrogens (tertiary/aromatic N) is 3. The van der Waals surface area contributed by atoms with Gasteiger partial charge >= 0.3 is 0 Å². The van der Waals surface area contributed by atoms with Crippen molar-refractivity contribution in [3.63, 3.8) is 0 Å². The first kappa shape index (κ1) is 23.4. The molecule has 2 atom stereocenters. The van der Waals surface area contributed by atoms with Gasteiger partial charge in [-0.05, 0) is 86.6 Å². The average molecular weight is 503 g/mol. The summed E-state index contributed by atoms with van der Waals surface area (Å²) in [7, 11) is 1.68. The number of pyridine rings is 1. The Morgan fingerprint density at radius 2 is 1.71 bits per heavy atom. The van der Waals surface area contributed by atoms with E-state index in [-0.39, 0.29) is 12.1 Å². The lowest BCUT2D eigenvalue weighted by atomic mass is 9.96. The topological polar surface area (TPSA) is 42.3 Å². The fourth-order valence-corrected chi connectivity index (χ4v) is 5.56. The zero-order chi connectivity index (χ0) is 24.7. The zero-order valence-corrected chi connectivity index (χ0v) is 21.7. The van der Waals surface area contributed by atoms with Crippen LogP contribution in [0.25, 0.3) is 5.69 Å². The Kier molecular flexibility index (Phi) is 6.26. The number of ether oxygens (including phenoxy) is 1. The number of hydrogen-bond acceptors (Lipinski definition) is 3. The van der Waals surface area contributed by atoms with Crippen molar-refractivity contribution in [1.29, 1.82) is 0 Å². The summed E-state index contributed by atoms with van der Waals surface area (Å²) >= 11 is 12.4. The van der Waals surface area contributed by atoms with Gasteiger partial charge in [0.25, 0.3) is 0 Å². The van der Waals surface area contributed by atoms with Crippen molar-refractivity contribution in [2.75, 3.05) is 12.0 Å². The molecule has 1 fully saturated rings. The van der Waals surface area contributed by atoms with E-state index in [9.17, 15) is 0 Å². The standard InChI is InChI=1S/C28H27ClN4OS/c1-17-16-20(19(3)32(17)23-13-9-10-21(29)18(23)2)27-26(22-11-7-8-15-30-22)31-28(35)33(27)24-12-5-6-14-25(24)34-4/h5-16,26-27H,1-4H3,(H,31,35)/t26-,27+/m0/s1. The van der Waals surface area contributed by atoms with E-state index in [0.29, 0.717) is 5.11 Å². The molecule has 2 aromatic heterocycles. The molecule has 5 rings (SSSR count). The van der Waals surface area contributed by atoms with Crippen LogP contribution in [0.3, 0.4) is 0 Å². The molecule has 1 aliphatic rings. The van der Waals surface area contributed by atoms with Gasteiger partial charge in [-0.2, -0.15) is 0 Å². The summed E-state index contributed by atoms with van der Waals surface area (Å²) in [6.07, 6.45) is 1.82. The van der Waals surface area contributed by atoms with Crippen LogP contribution in [-0.2, 0) is 0 Å². The van der Waals surface area contributed by atoms with Gasteiger partial charge in [-0.3, -0.25) is 4.98 Å². The highest BCUT2D eigenvalue weighted by molar-refractivity contribution is 7.80. The van der Waals surface area contributed by atoms with Gasteiger partial charge in [0.15, 0.2) is 5.11 Å². The molecule has 0 amide bonds. The monoisotopic (exact) mass is 502 g/mol. The molecule has 1 aliphatic heterocycles. The van der Waals surface area contributed by atoms with Gasteiger partial charge in [0.05, 0.1) is 30.6 Å². The first-order valence-corrected chi connectivity index (χ1v) is 12.3. The summed E-state index contributed by atoms with van der Waals surface area (Å²) in [6.45, 7) is 6.33. The van der Waals surface area contributed by atoms with Gasteiger partial charge in [-0.25, -0.2) is 0 Å². The van der Waals surface area contributed by atoms with Gasteiger partial charge in [-0.15, -0.1) is 0 Å². The fourth-order valence-electron chi connectivity index (χ4n) is 5.06. The second-order valence-electron chi connectivity index (χ2n) is 8.71. The maximum absolute atomic E-state index is 6.49. The molecule has 178 valence electrons. The average Bonchev–Trinajstić information content (AvgIpc) is 3.36. The van der Waals surface area contributed by atoms with E-state index < -0.39 is 0 Å². The van der Waals surface area contributed by atoms with E-state index in [2.05, 4.69) is 52.7 Å². The van der Waals surface area contributed by atoms with Crippen molar-refractivity contribution in [2.45, 2.75) is 32.9 Å². The molecule has 0 aliphatic carbocycles. The highest BCUT2D eigenvalue weighted by Gasteiger charge is 2.43. The molecule has 0 unspecified atom stereocenters. The normalized spacial score (nSPS) is 17.5. The Bertz CT molecular complexity index is 1400. The molecule has 4 aromatic rings. The number of anilines is 1. The minimum Gasteiger partial charge on any atom is -0.495 e. The molecule has 0 radical (unpaired) electrons. The lowest BCUT2D eigenvalue weighted by Crippen LogP contribution is -2.30. The number of aryl methyl sites for hydroxylation is 1. The molecule has 0 spiro atoms. The van der Waals surface area contributed by atoms with Crippen molar-refractivity contribution in [2.24, 2.45) is 0 Å². The quantitative estimate of drug-likeness (QED) is 0.310. The van der Waals surface area contributed by atoms with Crippen LogP contribution >= 0.6 is 23.8 Å². The van der Waals surface area contributed by atoms with Crippen molar-refractivity contribution in [1.82, 2.24) is 14.9 Å².